The summed E-state index contributed by atoms with van der Waals surface area (Å²) in [7, 11) is 0. The summed E-state index contributed by atoms with van der Waals surface area (Å²) >= 11 is 0. The van der Waals surface area contributed by atoms with Crippen LogP contribution in [-0.2, 0) is 4.79 Å². The third-order valence-electron chi connectivity index (χ3n) is 2.48. The Hall–Kier alpha value is -0.610. The summed E-state index contributed by atoms with van der Waals surface area (Å²) in [6.07, 6.45) is -0.808. The van der Waals surface area contributed by atoms with Gasteiger partial charge in [0.15, 0.2) is 0 Å². The van der Waals surface area contributed by atoms with Crippen molar-refractivity contribution in [1.29, 1.82) is 0 Å². The second-order valence-corrected chi connectivity index (χ2v) is 4.83. The molecule has 4 heteroatoms. The van der Waals surface area contributed by atoms with Crippen LogP contribution in [0.3, 0.4) is 0 Å². The second kappa shape index (κ2) is 8.53. The molecule has 0 bridgehead atoms. The van der Waals surface area contributed by atoms with E-state index in [0.29, 0.717) is 0 Å². The van der Waals surface area contributed by atoms with Gasteiger partial charge in [-0.15, -0.1) is 0 Å². The maximum absolute atomic E-state index is 9.70. The van der Waals surface area contributed by atoms with Crippen LogP contribution in [-0.4, -0.2) is 33.5 Å². The number of hydrogen-bond donors (Lipinski definition) is 3. The summed E-state index contributed by atoms with van der Waals surface area (Å²) in [5.41, 5.74) is 0. The highest BCUT2D eigenvalue weighted by Gasteiger charge is 2.21. The third kappa shape index (κ3) is 8.68. The zero-order chi connectivity index (χ0) is 13.5. The average Bonchev–Trinajstić information content (AvgIpc) is 2.15. The van der Waals surface area contributed by atoms with Crippen LogP contribution in [0.1, 0.15) is 41.5 Å². The molecule has 0 aromatic heterocycles. The first kappa shape index (κ1) is 17.8. The molecule has 98 valence electrons. The van der Waals surface area contributed by atoms with Gasteiger partial charge in [0.25, 0.3) is 0 Å². The minimum Gasteiger partial charge on any atom is -0.481 e. The lowest BCUT2D eigenvalue weighted by Crippen LogP contribution is -2.31. The van der Waals surface area contributed by atoms with E-state index in [2.05, 4.69) is 0 Å². The number of aliphatic carboxylic acids is 1. The lowest BCUT2D eigenvalue weighted by molar-refractivity contribution is -0.140. The van der Waals surface area contributed by atoms with Crippen molar-refractivity contribution in [3.63, 3.8) is 0 Å². The summed E-state index contributed by atoms with van der Waals surface area (Å²) in [6, 6.07) is 0. The van der Waals surface area contributed by atoms with Gasteiger partial charge in [0.2, 0.25) is 0 Å². The van der Waals surface area contributed by atoms with Crippen molar-refractivity contribution in [2.75, 3.05) is 0 Å². The number of rotatable bonds is 4. The van der Waals surface area contributed by atoms with Gasteiger partial charge in [-0.2, -0.15) is 0 Å². The highest BCUT2D eigenvalue weighted by atomic mass is 16.4. The van der Waals surface area contributed by atoms with E-state index in [-0.39, 0.29) is 23.9 Å². The smallest absolute Gasteiger partial charge is 0.305 e. The fraction of sp³-hybridized carbons (Fsp3) is 0.917. The molecule has 0 aliphatic heterocycles. The Morgan fingerprint density at radius 2 is 1.25 bits per heavy atom. The standard InChI is InChI=1S/C8H18O2.C4H8O2/c1-5(2)8(10)6(3)7(4)9;1-3(2)4(5)6/h5-10H,1-4H3;3H,1-2H3,(H,5,6). The maximum Gasteiger partial charge on any atom is 0.305 e. The number of carboxylic acid groups (broad SMARTS) is 1. The van der Waals surface area contributed by atoms with Crippen LogP contribution in [0.5, 0.6) is 0 Å². The SMILES string of the molecule is CC(C)C(=O)O.CC(C)C(O)C(C)C(C)O. The molecule has 0 spiro atoms. The van der Waals surface area contributed by atoms with Crippen molar-refractivity contribution in [3.8, 4) is 0 Å². The Morgan fingerprint density at radius 3 is 1.31 bits per heavy atom. The Labute approximate surface area is 98.3 Å². The molecule has 0 fully saturated rings. The molecule has 0 aromatic carbocycles. The largest absolute Gasteiger partial charge is 0.481 e. The maximum atomic E-state index is 9.70. The van der Waals surface area contributed by atoms with Crippen LogP contribution < -0.4 is 0 Å². The van der Waals surface area contributed by atoms with Gasteiger partial charge in [0.1, 0.15) is 0 Å². The Kier molecular flexibility index (Phi) is 9.48. The van der Waals surface area contributed by atoms with E-state index >= 15 is 0 Å². The molecule has 0 saturated carbocycles. The monoisotopic (exact) mass is 234 g/mol. The number of carboxylic acids is 1. The molecule has 4 nitrogen and oxygen atoms in total. The van der Waals surface area contributed by atoms with E-state index < -0.39 is 12.1 Å². The van der Waals surface area contributed by atoms with Crippen molar-refractivity contribution < 1.29 is 20.1 Å². The van der Waals surface area contributed by atoms with E-state index in [4.69, 9.17) is 10.2 Å². The number of carbonyl (C=O) groups is 1. The highest BCUT2D eigenvalue weighted by Crippen LogP contribution is 2.15. The van der Waals surface area contributed by atoms with E-state index in [1.54, 1.807) is 20.8 Å². The minimum absolute atomic E-state index is 0.0278. The van der Waals surface area contributed by atoms with Gasteiger partial charge in [-0.1, -0.05) is 34.6 Å². The topological polar surface area (TPSA) is 77.8 Å². The van der Waals surface area contributed by atoms with Crippen LogP contribution in [0.2, 0.25) is 0 Å². The van der Waals surface area contributed by atoms with E-state index in [0.717, 1.165) is 0 Å². The molecule has 0 radical (unpaired) electrons. The van der Waals surface area contributed by atoms with Crippen LogP contribution in [0.15, 0.2) is 0 Å². The lowest BCUT2D eigenvalue weighted by atomic mass is 9.91. The van der Waals surface area contributed by atoms with Gasteiger partial charge in [0, 0.05) is 5.92 Å². The molecule has 3 N–H and O–H groups in total. The third-order valence-corrected chi connectivity index (χ3v) is 2.48. The molecule has 0 rings (SSSR count). The summed E-state index contributed by atoms with van der Waals surface area (Å²) in [5.74, 6) is -0.774. The minimum atomic E-state index is -0.741. The predicted octanol–water partition coefficient (Wildman–Crippen LogP) is 1.75. The van der Waals surface area contributed by atoms with Crippen molar-refractivity contribution in [2.45, 2.75) is 53.8 Å². The van der Waals surface area contributed by atoms with Crippen LogP contribution >= 0.6 is 0 Å². The van der Waals surface area contributed by atoms with E-state index in [9.17, 15) is 9.90 Å². The normalized spacial score (nSPS) is 16.4. The first-order valence-corrected chi connectivity index (χ1v) is 5.70. The highest BCUT2D eigenvalue weighted by molar-refractivity contribution is 5.68. The Morgan fingerprint density at radius 1 is 0.938 bits per heavy atom. The van der Waals surface area contributed by atoms with Gasteiger partial charge in [-0.05, 0) is 12.8 Å². The van der Waals surface area contributed by atoms with Gasteiger partial charge < -0.3 is 15.3 Å². The summed E-state index contributed by atoms with van der Waals surface area (Å²) < 4.78 is 0. The van der Waals surface area contributed by atoms with Gasteiger partial charge in [0.05, 0.1) is 18.1 Å². The Balaban J connectivity index is 0. The van der Waals surface area contributed by atoms with E-state index in [1.807, 2.05) is 20.8 Å². The summed E-state index contributed by atoms with van der Waals surface area (Å²) in [6.45, 7) is 10.7. The first-order chi connectivity index (χ1) is 7.11. The number of hydrogen-bond acceptors (Lipinski definition) is 3. The van der Waals surface area contributed by atoms with Crippen molar-refractivity contribution in [2.24, 2.45) is 17.8 Å². The Bertz CT molecular complexity index is 175. The quantitative estimate of drug-likeness (QED) is 0.692. The molecule has 0 aliphatic carbocycles. The average molecular weight is 234 g/mol. The molecule has 0 amide bonds. The van der Waals surface area contributed by atoms with Crippen LogP contribution in [0.25, 0.3) is 0 Å². The number of aliphatic hydroxyl groups excluding tert-OH is 2. The second-order valence-electron chi connectivity index (χ2n) is 4.83. The molecule has 0 aliphatic rings. The molecule has 0 saturated heterocycles. The fourth-order valence-electron chi connectivity index (χ4n) is 0.892. The molecule has 16 heavy (non-hydrogen) atoms. The molecular formula is C12H26O4. The van der Waals surface area contributed by atoms with Crippen molar-refractivity contribution in [1.82, 2.24) is 0 Å². The summed E-state index contributed by atoms with van der Waals surface area (Å²) in [4.78, 5) is 9.70. The molecule has 3 unspecified atom stereocenters. The zero-order valence-corrected chi connectivity index (χ0v) is 11.1. The molecule has 0 aromatic rings. The van der Waals surface area contributed by atoms with Gasteiger partial charge in [-0.3, -0.25) is 4.79 Å². The van der Waals surface area contributed by atoms with Crippen LogP contribution in [0.4, 0.5) is 0 Å². The number of aliphatic hydroxyl groups is 2. The predicted molar refractivity (Wildman–Crippen MR) is 64.2 cm³/mol. The zero-order valence-electron chi connectivity index (χ0n) is 11.1. The summed E-state index contributed by atoms with van der Waals surface area (Å²) in [5, 5.41) is 26.5. The molecule has 0 heterocycles. The van der Waals surface area contributed by atoms with Crippen LogP contribution in [0, 0.1) is 17.8 Å². The first-order valence-electron chi connectivity index (χ1n) is 5.70. The fourth-order valence-corrected chi connectivity index (χ4v) is 0.892. The molecule has 3 atom stereocenters. The van der Waals surface area contributed by atoms with E-state index in [1.165, 1.54) is 0 Å². The van der Waals surface area contributed by atoms with Crippen molar-refractivity contribution >= 4 is 5.97 Å². The van der Waals surface area contributed by atoms with Gasteiger partial charge in [-0.25, -0.2) is 0 Å². The van der Waals surface area contributed by atoms with Crippen molar-refractivity contribution in [3.05, 3.63) is 0 Å². The molecular weight excluding hydrogens is 208 g/mol. The lowest BCUT2D eigenvalue weighted by Gasteiger charge is -2.24. The van der Waals surface area contributed by atoms with Gasteiger partial charge >= 0.3 is 5.97 Å².